The normalized spacial score (nSPS) is 10.6. The summed E-state index contributed by atoms with van der Waals surface area (Å²) in [6.07, 6.45) is 0.724. The number of aryl methyl sites for hydroxylation is 1. The highest BCUT2D eigenvalue weighted by atomic mass is 79.9. The number of nitrogens with one attached hydrogen (secondary N) is 1. The van der Waals surface area contributed by atoms with E-state index in [1.807, 2.05) is 31.2 Å². The maximum Gasteiger partial charge on any atom is 0.276 e. The molecule has 0 spiro atoms. The number of benzene rings is 1. The van der Waals surface area contributed by atoms with Crippen molar-refractivity contribution >= 4 is 27.5 Å². The monoisotopic (exact) mass is 336 g/mol. The lowest BCUT2D eigenvalue weighted by atomic mass is 10.2. The van der Waals surface area contributed by atoms with Gasteiger partial charge < -0.3 is 10.6 Å². The van der Waals surface area contributed by atoms with Crippen molar-refractivity contribution in [3.8, 4) is 0 Å². The average molecular weight is 337 g/mol. The molecule has 0 saturated heterocycles. The maximum absolute atomic E-state index is 12.3. The molecule has 106 valence electrons. The highest BCUT2D eigenvalue weighted by Crippen LogP contribution is 2.18. The molecule has 2 rings (SSSR count). The Labute approximate surface area is 126 Å². The lowest BCUT2D eigenvalue weighted by Gasteiger charge is -2.16. The van der Waals surface area contributed by atoms with Crippen LogP contribution >= 0.6 is 15.9 Å². The molecule has 6 heteroatoms. The highest BCUT2D eigenvalue weighted by Gasteiger charge is 2.20. The second-order valence-electron chi connectivity index (χ2n) is 4.61. The molecular weight excluding hydrogens is 320 g/mol. The number of nitrogens with two attached hydrogens (primary N) is 1. The standard InChI is InChI=1S/C14H17BrN4O/c1-3-11-12(16)13(18-17-11)14(20)19(2)8-9-5-4-6-10(15)7-9/h4-7H,3,8,16H2,1-2H3,(H,17,18). The lowest BCUT2D eigenvalue weighted by molar-refractivity contribution is 0.0780. The number of aromatic nitrogens is 2. The first-order valence-corrected chi connectivity index (χ1v) is 7.14. The Kier molecular flexibility index (Phi) is 4.44. The van der Waals surface area contributed by atoms with Gasteiger partial charge in [-0.05, 0) is 24.1 Å². The first-order valence-electron chi connectivity index (χ1n) is 6.35. The fraction of sp³-hybridized carbons (Fsp3) is 0.286. The van der Waals surface area contributed by atoms with Crippen LogP contribution in [-0.4, -0.2) is 28.1 Å². The number of rotatable bonds is 4. The van der Waals surface area contributed by atoms with E-state index in [1.54, 1.807) is 11.9 Å². The minimum absolute atomic E-state index is 0.182. The van der Waals surface area contributed by atoms with E-state index in [9.17, 15) is 4.79 Å². The van der Waals surface area contributed by atoms with Crippen molar-refractivity contribution in [2.75, 3.05) is 12.8 Å². The summed E-state index contributed by atoms with van der Waals surface area (Å²) < 4.78 is 0.989. The molecule has 2 aromatic rings. The van der Waals surface area contributed by atoms with Gasteiger partial charge in [0.2, 0.25) is 0 Å². The van der Waals surface area contributed by atoms with Crippen molar-refractivity contribution in [2.24, 2.45) is 0 Å². The van der Waals surface area contributed by atoms with Crippen LogP contribution in [0.4, 0.5) is 5.69 Å². The number of halogens is 1. The van der Waals surface area contributed by atoms with Crippen molar-refractivity contribution in [3.05, 3.63) is 45.7 Å². The number of nitrogen functional groups attached to an aromatic ring is 1. The summed E-state index contributed by atoms with van der Waals surface area (Å²) in [6.45, 7) is 2.47. The summed E-state index contributed by atoms with van der Waals surface area (Å²) in [6, 6.07) is 7.84. The Morgan fingerprint density at radius 2 is 2.25 bits per heavy atom. The molecule has 20 heavy (non-hydrogen) atoms. The number of hydrogen-bond donors (Lipinski definition) is 2. The van der Waals surface area contributed by atoms with Gasteiger partial charge in [0.1, 0.15) is 0 Å². The molecule has 0 aliphatic rings. The van der Waals surface area contributed by atoms with Gasteiger partial charge >= 0.3 is 0 Å². The molecule has 5 nitrogen and oxygen atoms in total. The lowest BCUT2D eigenvalue weighted by Crippen LogP contribution is -2.27. The van der Waals surface area contributed by atoms with Gasteiger partial charge in [-0.1, -0.05) is 35.0 Å². The van der Waals surface area contributed by atoms with E-state index in [2.05, 4.69) is 26.1 Å². The van der Waals surface area contributed by atoms with Crippen LogP contribution in [0.15, 0.2) is 28.7 Å². The highest BCUT2D eigenvalue weighted by molar-refractivity contribution is 9.10. The van der Waals surface area contributed by atoms with E-state index in [-0.39, 0.29) is 5.91 Å². The minimum atomic E-state index is -0.182. The van der Waals surface area contributed by atoms with Gasteiger partial charge in [0.15, 0.2) is 5.69 Å². The third-order valence-corrected chi connectivity index (χ3v) is 3.59. The summed E-state index contributed by atoms with van der Waals surface area (Å²) in [4.78, 5) is 13.9. The van der Waals surface area contributed by atoms with Crippen LogP contribution in [0.1, 0.15) is 28.7 Å². The van der Waals surface area contributed by atoms with Crippen LogP contribution in [-0.2, 0) is 13.0 Å². The predicted molar refractivity (Wildman–Crippen MR) is 82.3 cm³/mol. The van der Waals surface area contributed by atoms with Gasteiger partial charge in [-0.2, -0.15) is 5.10 Å². The Bertz CT molecular complexity index is 623. The van der Waals surface area contributed by atoms with E-state index in [4.69, 9.17) is 5.73 Å². The zero-order chi connectivity index (χ0) is 14.7. The van der Waals surface area contributed by atoms with Crippen LogP contribution in [0.5, 0.6) is 0 Å². The molecule has 1 amide bonds. The third-order valence-electron chi connectivity index (χ3n) is 3.09. The van der Waals surface area contributed by atoms with Gasteiger partial charge in [0.05, 0.1) is 11.4 Å². The number of nitrogens with zero attached hydrogens (tertiary/aromatic N) is 2. The fourth-order valence-electron chi connectivity index (χ4n) is 1.98. The van der Waals surface area contributed by atoms with Crippen molar-refractivity contribution in [1.29, 1.82) is 0 Å². The number of anilines is 1. The van der Waals surface area contributed by atoms with Crippen LogP contribution in [0, 0.1) is 0 Å². The van der Waals surface area contributed by atoms with E-state index in [0.29, 0.717) is 17.9 Å². The van der Waals surface area contributed by atoms with Crippen LogP contribution < -0.4 is 5.73 Å². The predicted octanol–water partition coefficient (Wildman–Crippen LogP) is 2.59. The van der Waals surface area contributed by atoms with Crippen LogP contribution in [0.25, 0.3) is 0 Å². The minimum Gasteiger partial charge on any atom is -0.395 e. The zero-order valence-corrected chi connectivity index (χ0v) is 13.1. The number of amides is 1. The molecular formula is C14H17BrN4O. The molecule has 0 aliphatic carbocycles. The summed E-state index contributed by atoms with van der Waals surface area (Å²) in [5.74, 6) is -0.182. The van der Waals surface area contributed by atoms with Crippen LogP contribution in [0.2, 0.25) is 0 Å². The Balaban J connectivity index is 2.14. The van der Waals surface area contributed by atoms with Gasteiger partial charge in [0.25, 0.3) is 5.91 Å². The fourth-order valence-corrected chi connectivity index (χ4v) is 2.43. The molecule has 3 N–H and O–H groups in total. The van der Waals surface area contributed by atoms with Crippen LogP contribution in [0.3, 0.4) is 0 Å². The SMILES string of the molecule is CCc1[nH]nc(C(=O)N(C)Cc2cccc(Br)c2)c1N. The Hall–Kier alpha value is -1.82. The molecule has 0 saturated carbocycles. The summed E-state index contributed by atoms with van der Waals surface area (Å²) >= 11 is 3.42. The Morgan fingerprint density at radius 1 is 1.50 bits per heavy atom. The first-order chi connectivity index (χ1) is 9.52. The van der Waals surface area contributed by atoms with E-state index < -0.39 is 0 Å². The summed E-state index contributed by atoms with van der Waals surface area (Å²) in [5, 5.41) is 6.82. The molecule has 0 atom stereocenters. The maximum atomic E-state index is 12.3. The third kappa shape index (κ3) is 3.01. The number of H-pyrrole nitrogens is 1. The zero-order valence-electron chi connectivity index (χ0n) is 11.5. The van der Waals surface area contributed by atoms with Gasteiger partial charge in [0, 0.05) is 18.1 Å². The molecule has 1 heterocycles. The number of hydrogen-bond acceptors (Lipinski definition) is 3. The van der Waals surface area contributed by atoms with Gasteiger partial charge in [-0.25, -0.2) is 0 Å². The quantitative estimate of drug-likeness (QED) is 0.900. The molecule has 1 aromatic carbocycles. The first kappa shape index (κ1) is 14.6. The second kappa shape index (κ2) is 6.09. The summed E-state index contributed by atoms with van der Waals surface area (Å²) in [7, 11) is 1.74. The molecule has 0 bridgehead atoms. The van der Waals surface area contributed by atoms with Crippen molar-refractivity contribution < 1.29 is 4.79 Å². The largest absolute Gasteiger partial charge is 0.395 e. The van der Waals surface area contributed by atoms with Gasteiger partial charge in [-0.15, -0.1) is 0 Å². The van der Waals surface area contributed by atoms with Gasteiger partial charge in [-0.3, -0.25) is 9.89 Å². The molecule has 1 aromatic heterocycles. The summed E-state index contributed by atoms with van der Waals surface area (Å²) in [5.41, 5.74) is 8.49. The smallest absolute Gasteiger partial charge is 0.276 e. The molecule has 0 aliphatic heterocycles. The number of carbonyl (C=O) groups is 1. The molecule has 0 fully saturated rings. The molecule has 0 radical (unpaired) electrons. The number of carbonyl (C=O) groups excluding carboxylic acids is 1. The number of aromatic amines is 1. The van der Waals surface area contributed by atoms with Crippen molar-refractivity contribution in [1.82, 2.24) is 15.1 Å². The van der Waals surface area contributed by atoms with Crippen molar-refractivity contribution in [3.63, 3.8) is 0 Å². The van der Waals surface area contributed by atoms with Crippen molar-refractivity contribution in [2.45, 2.75) is 19.9 Å². The van der Waals surface area contributed by atoms with E-state index in [0.717, 1.165) is 22.2 Å². The van der Waals surface area contributed by atoms with E-state index in [1.165, 1.54) is 0 Å². The Morgan fingerprint density at radius 3 is 2.85 bits per heavy atom. The average Bonchev–Trinajstić information content (AvgIpc) is 2.79. The second-order valence-corrected chi connectivity index (χ2v) is 5.52. The van der Waals surface area contributed by atoms with E-state index >= 15 is 0 Å². The topological polar surface area (TPSA) is 75.0 Å². The molecule has 0 unspecified atom stereocenters.